The summed E-state index contributed by atoms with van der Waals surface area (Å²) in [7, 11) is 0. The molecule has 0 aliphatic carbocycles. The Morgan fingerprint density at radius 1 is 1.07 bits per heavy atom. The largest absolute Gasteiger partial charge is 0.326 e. The molecule has 3 aliphatic rings. The number of amides is 3. The van der Waals surface area contributed by atoms with Gasteiger partial charge in [0.15, 0.2) is 0 Å². The average Bonchev–Trinajstić information content (AvgIpc) is 3.23. The zero-order chi connectivity index (χ0) is 19.6. The molecule has 2 aromatic rings. The summed E-state index contributed by atoms with van der Waals surface area (Å²) in [5, 5.41) is 4.75. The van der Waals surface area contributed by atoms with E-state index in [0.29, 0.717) is 11.3 Å². The molecule has 4 atom stereocenters. The van der Waals surface area contributed by atoms with Gasteiger partial charge in [-0.15, -0.1) is 0 Å². The van der Waals surface area contributed by atoms with E-state index >= 15 is 0 Å². The Bertz CT molecular complexity index is 1020. The summed E-state index contributed by atoms with van der Waals surface area (Å²) >= 11 is 0. The number of benzene rings is 2. The number of para-hydroxylation sites is 1. The highest BCUT2D eigenvalue weighted by Crippen LogP contribution is 2.48. The molecule has 2 aromatic carbocycles. The van der Waals surface area contributed by atoms with Gasteiger partial charge in [0, 0.05) is 5.56 Å². The minimum atomic E-state index is -1.12. The number of hydrogen-bond donors (Lipinski definition) is 2. The molecule has 5 rings (SSSR count). The van der Waals surface area contributed by atoms with E-state index in [1.807, 2.05) is 36.5 Å². The minimum absolute atomic E-state index is 0.0804. The number of halogens is 1. The number of anilines is 1. The van der Waals surface area contributed by atoms with Crippen LogP contribution in [0, 0.1) is 17.7 Å². The van der Waals surface area contributed by atoms with E-state index in [2.05, 4.69) is 5.32 Å². The number of carbonyl (C=O) groups excluding carboxylic acids is 3. The van der Waals surface area contributed by atoms with E-state index < -0.39 is 17.4 Å². The topological polar surface area (TPSA) is 83.1 Å². The van der Waals surface area contributed by atoms with Crippen LogP contribution in [-0.2, 0) is 26.5 Å². The lowest BCUT2D eigenvalue weighted by molar-refractivity contribution is -0.730. The summed E-state index contributed by atoms with van der Waals surface area (Å²) in [5.41, 5.74) is 0.994. The average molecular weight is 380 g/mol. The molecule has 0 unspecified atom stereocenters. The number of hydrogen-bond acceptors (Lipinski definition) is 3. The molecule has 0 aromatic heterocycles. The maximum atomic E-state index is 13.4. The molecule has 0 radical (unpaired) electrons. The van der Waals surface area contributed by atoms with Crippen LogP contribution in [0.5, 0.6) is 0 Å². The third-order valence-corrected chi connectivity index (χ3v) is 6.28. The maximum absolute atomic E-state index is 13.4. The Balaban J connectivity index is 1.56. The molecule has 0 saturated carbocycles. The number of nitrogens with two attached hydrogens (primary N) is 1. The molecule has 0 bridgehead atoms. The Kier molecular flexibility index (Phi) is 3.49. The van der Waals surface area contributed by atoms with Crippen molar-refractivity contribution in [2.75, 3.05) is 5.32 Å². The van der Waals surface area contributed by atoms with Crippen LogP contribution in [-0.4, -0.2) is 28.7 Å². The van der Waals surface area contributed by atoms with Crippen LogP contribution in [0.1, 0.15) is 18.1 Å². The number of carbonyl (C=O) groups is 3. The number of quaternary nitrogens is 1. The van der Waals surface area contributed by atoms with Crippen LogP contribution in [0.4, 0.5) is 10.1 Å². The van der Waals surface area contributed by atoms with Crippen LogP contribution >= 0.6 is 0 Å². The van der Waals surface area contributed by atoms with Gasteiger partial charge in [-0.25, -0.2) is 4.39 Å². The zero-order valence-electron chi connectivity index (χ0n) is 15.2. The van der Waals surface area contributed by atoms with Crippen molar-refractivity contribution in [2.24, 2.45) is 11.8 Å². The minimum Gasteiger partial charge on any atom is -0.326 e. The van der Waals surface area contributed by atoms with Gasteiger partial charge in [0.1, 0.15) is 17.7 Å². The summed E-state index contributed by atoms with van der Waals surface area (Å²) in [6.45, 7) is 1.96. The van der Waals surface area contributed by atoms with Crippen molar-refractivity contribution in [3.63, 3.8) is 0 Å². The summed E-state index contributed by atoms with van der Waals surface area (Å²) in [5.74, 6) is -2.55. The predicted molar refractivity (Wildman–Crippen MR) is 97.1 cm³/mol. The van der Waals surface area contributed by atoms with Gasteiger partial charge in [0.25, 0.3) is 5.91 Å². The highest BCUT2D eigenvalue weighted by atomic mass is 19.1. The SMILES string of the molecule is C[C@H]1[NH2+][C@]2(C(=O)Nc3ccccc32)[C@@H]2C(=O)N(Cc3ccc(F)cc3)C(=O)[C@@H]21. The lowest BCUT2D eigenvalue weighted by Crippen LogP contribution is -2.98. The lowest BCUT2D eigenvalue weighted by Gasteiger charge is -2.25. The second-order valence-corrected chi connectivity index (χ2v) is 7.79. The van der Waals surface area contributed by atoms with Crippen LogP contribution in [0.25, 0.3) is 0 Å². The van der Waals surface area contributed by atoms with Crippen molar-refractivity contribution in [2.45, 2.75) is 25.0 Å². The second kappa shape index (κ2) is 5.72. The fourth-order valence-electron chi connectivity index (χ4n) is 5.08. The van der Waals surface area contributed by atoms with Gasteiger partial charge >= 0.3 is 0 Å². The number of nitrogens with zero attached hydrogens (tertiary/aromatic N) is 1. The number of rotatable bonds is 2. The molecule has 6 nitrogen and oxygen atoms in total. The van der Waals surface area contributed by atoms with Crippen molar-refractivity contribution >= 4 is 23.4 Å². The number of nitrogens with one attached hydrogen (secondary N) is 1. The van der Waals surface area contributed by atoms with Gasteiger partial charge < -0.3 is 10.6 Å². The van der Waals surface area contributed by atoms with Gasteiger partial charge in [0.05, 0.1) is 18.3 Å². The molecule has 3 aliphatic heterocycles. The first kappa shape index (κ1) is 17.1. The molecule has 7 heteroatoms. The Morgan fingerprint density at radius 3 is 2.54 bits per heavy atom. The Labute approximate surface area is 160 Å². The number of imide groups is 1. The first-order chi connectivity index (χ1) is 13.4. The van der Waals surface area contributed by atoms with Gasteiger partial charge in [-0.3, -0.25) is 19.3 Å². The lowest BCUT2D eigenvalue weighted by atomic mass is 9.76. The standard InChI is InChI=1S/C21H18FN3O3/c1-11-16-17(21(24-11)14-4-2-3-5-15(14)23-20(21)28)19(27)25(18(16)26)10-12-6-8-13(22)9-7-12/h2-9,11,16-17,24H,10H2,1H3,(H,23,28)/p+1/t11-,16-,17+,21+/m1/s1. The van der Waals surface area contributed by atoms with Crippen molar-refractivity contribution in [3.05, 3.63) is 65.5 Å². The zero-order valence-corrected chi connectivity index (χ0v) is 15.2. The molecular formula is C21H19FN3O3+. The third kappa shape index (κ3) is 2.08. The number of likely N-dealkylation sites (tertiary alicyclic amines) is 1. The molecule has 3 heterocycles. The first-order valence-electron chi connectivity index (χ1n) is 9.30. The fourth-order valence-corrected chi connectivity index (χ4v) is 5.08. The van der Waals surface area contributed by atoms with E-state index in [9.17, 15) is 18.8 Å². The van der Waals surface area contributed by atoms with Crippen molar-refractivity contribution in [3.8, 4) is 0 Å². The molecular weight excluding hydrogens is 361 g/mol. The molecule has 3 amide bonds. The quantitative estimate of drug-likeness (QED) is 0.754. The Morgan fingerprint density at radius 2 is 1.79 bits per heavy atom. The third-order valence-electron chi connectivity index (χ3n) is 6.28. The van der Waals surface area contributed by atoms with Crippen LogP contribution in [0.15, 0.2) is 48.5 Å². The first-order valence-corrected chi connectivity index (χ1v) is 9.30. The van der Waals surface area contributed by atoms with Crippen LogP contribution < -0.4 is 10.6 Å². The second-order valence-electron chi connectivity index (χ2n) is 7.79. The van der Waals surface area contributed by atoms with E-state index in [0.717, 1.165) is 5.56 Å². The Hall–Kier alpha value is -3.06. The van der Waals surface area contributed by atoms with Crippen LogP contribution in [0.3, 0.4) is 0 Å². The normalized spacial score (nSPS) is 30.7. The molecule has 1 spiro atoms. The summed E-state index contributed by atoms with van der Waals surface area (Å²) in [4.78, 5) is 40.7. The summed E-state index contributed by atoms with van der Waals surface area (Å²) < 4.78 is 13.2. The number of fused-ring (bicyclic) bond motifs is 4. The van der Waals surface area contributed by atoms with Gasteiger partial charge in [-0.05, 0) is 30.7 Å². The smallest absolute Gasteiger partial charge is 0.291 e. The molecule has 2 fully saturated rings. The van der Waals surface area contributed by atoms with Crippen LogP contribution in [0.2, 0.25) is 0 Å². The molecule has 3 N–H and O–H groups in total. The molecule has 142 valence electrons. The highest BCUT2D eigenvalue weighted by molar-refractivity contribution is 6.13. The monoisotopic (exact) mass is 380 g/mol. The van der Waals surface area contributed by atoms with E-state index in [4.69, 9.17) is 0 Å². The van der Waals surface area contributed by atoms with Crippen molar-refractivity contribution in [1.82, 2.24) is 4.90 Å². The van der Waals surface area contributed by atoms with E-state index in [1.165, 1.54) is 17.0 Å². The maximum Gasteiger partial charge on any atom is 0.291 e. The van der Waals surface area contributed by atoms with E-state index in [1.54, 1.807) is 12.1 Å². The van der Waals surface area contributed by atoms with Crippen molar-refractivity contribution in [1.29, 1.82) is 0 Å². The van der Waals surface area contributed by atoms with Crippen molar-refractivity contribution < 1.29 is 24.1 Å². The van der Waals surface area contributed by atoms with Gasteiger partial charge in [-0.2, -0.15) is 0 Å². The fraction of sp³-hybridized carbons (Fsp3) is 0.286. The summed E-state index contributed by atoms with van der Waals surface area (Å²) in [6.07, 6.45) is 0. The summed E-state index contributed by atoms with van der Waals surface area (Å²) in [6, 6.07) is 12.8. The predicted octanol–water partition coefficient (Wildman–Crippen LogP) is 0.740. The van der Waals surface area contributed by atoms with Gasteiger partial charge in [0.2, 0.25) is 17.4 Å². The van der Waals surface area contributed by atoms with E-state index in [-0.39, 0.29) is 36.1 Å². The molecule has 28 heavy (non-hydrogen) atoms. The molecule has 2 saturated heterocycles. The van der Waals surface area contributed by atoms with Gasteiger partial charge in [-0.1, -0.05) is 30.3 Å². The highest BCUT2D eigenvalue weighted by Gasteiger charge is 2.73.